The molecule has 0 saturated heterocycles. The van der Waals surface area contributed by atoms with Crippen LogP contribution in [0.4, 0.5) is 17.1 Å². The summed E-state index contributed by atoms with van der Waals surface area (Å²) in [6, 6.07) is 3.45. The van der Waals surface area contributed by atoms with E-state index in [4.69, 9.17) is 5.73 Å². The van der Waals surface area contributed by atoms with Gasteiger partial charge in [-0.25, -0.2) is 0 Å². The van der Waals surface area contributed by atoms with Crippen molar-refractivity contribution in [3.63, 3.8) is 0 Å². The van der Waals surface area contributed by atoms with Gasteiger partial charge in [-0.3, -0.25) is 20.2 Å². The fourth-order valence-corrected chi connectivity index (χ4v) is 2.03. The number of nitrogens with two attached hydrogens (primary N) is 1. The van der Waals surface area contributed by atoms with Gasteiger partial charge < -0.3 is 16.0 Å². The van der Waals surface area contributed by atoms with Crippen molar-refractivity contribution in [3.8, 4) is 0 Å². The minimum absolute atomic E-state index is 0.182. The largest absolute Gasteiger partial charge is 0.364 e. The molecule has 22 heavy (non-hydrogen) atoms. The van der Waals surface area contributed by atoms with Crippen LogP contribution in [0.25, 0.3) is 0 Å². The minimum atomic E-state index is -0.670. The number of hydrogen-bond donors (Lipinski definition) is 2. The number of nitrogens with one attached hydrogen (secondary N) is 1. The molecule has 0 saturated carbocycles. The highest BCUT2D eigenvalue weighted by molar-refractivity contribution is 5.65. The first kappa shape index (κ1) is 17.8. The summed E-state index contributed by atoms with van der Waals surface area (Å²) in [5, 5.41) is 24.5. The second kappa shape index (κ2) is 8.25. The van der Waals surface area contributed by atoms with E-state index in [0.29, 0.717) is 6.42 Å². The van der Waals surface area contributed by atoms with Gasteiger partial charge >= 0.3 is 0 Å². The zero-order valence-corrected chi connectivity index (χ0v) is 12.7. The Hall–Kier alpha value is -2.26. The molecule has 3 N–H and O–H groups in total. The van der Waals surface area contributed by atoms with Gasteiger partial charge in [0, 0.05) is 12.6 Å². The Morgan fingerprint density at radius 2 is 1.95 bits per heavy atom. The van der Waals surface area contributed by atoms with Gasteiger partial charge in [0.15, 0.2) is 0 Å². The molecule has 0 aliphatic carbocycles. The molecular weight excluding hydrogens is 290 g/mol. The van der Waals surface area contributed by atoms with Crippen LogP contribution in [0.1, 0.15) is 19.8 Å². The van der Waals surface area contributed by atoms with Crippen LogP contribution in [0.15, 0.2) is 18.2 Å². The lowest BCUT2D eigenvalue weighted by molar-refractivity contribution is -0.393. The second-order valence-corrected chi connectivity index (χ2v) is 5.06. The molecule has 1 rings (SSSR count). The van der Waals surface area contributed by atoms with E-state index >= 15 is 0 Å². The number of non-ortho nitro benzene ring substituents is 1. The third kappa shape index (κ3) is 5.26. The number of nitro benzene ring substituents is 2. The molecule has 0 aliphatic rings. The van der Waals surface area contributed by atoms with Crippen molar-refractivity contribution in [2.45, 2.75) is 25.9 Å². The van der Waals surface area contributed by atoms with Crippen LogP contribution in [0, 0.1) is 20.2 Å². The molecule has 1 unspecified atom stereocenters. The van der Waals surface area contributed by atoms with E-state index in [0.717, 1.165) is 25.6 Å². The lowest BCUT2D eigenvalue weighted by Crippen LogP contribution is -2.34. The molecule has 0 amide bonds. The first-order valence-electron chi connectivity index (χ1n) is 6.98. The predicted molar refractivity (Wildman–Crippen MR) is 83.8 cm³/mol. The molecule has 0 spiro atoms. The van der Waals surface area contributed by atoms with Crippen LogP contribution < -0.4 is 11.1 Å². The first-order valence-corrected chi connectivity index (χ1v) is 6.98. The van der Waals surface area contributed by atoms with Crippen LogP contribution in [0.5, 0.6) is 0 Å². The Morgan fingerprint density at radius 1 is 1.27 bits per heavy atom. The maximum Gasteiger partial charge on any atom is 0.299 e. The molecule has 1 aromatic carbocycles. The molecular formula is C13H21N5O4. The first-order chi connectivity index (χ1) is 10.3. The molecule has 9 nitrogen and oxygen atoms in total. The summed E-state index contributed by atoms with van der Waals surface area (Å²) in [4.78, 5) is 22.5. The summed E-state index contributed by atoms with van der Waals surface area (Å²) in [5.41, 5.74) is 5.42. The topological polar surface area (TPSA) is 128 Å². The van der Waals surface area contributed by atoms with Crippen LogP contribution in [-0.2, 0) is 0 Å². The lowest BCUT2D eigenvalue weighted by Gasteiger charge is -2.20. The number of anilines is 1. The van der Waals surface area contributed by atoms with Crippen molar-refractivity contribution >= 4 is 17.1 Å². The van der Waals surface area contributed by atoms with Gasteiger partial charge in [0.2, 0.25) is 0 Å². The Morgan fingerprint density at radius 3 is 2.50 bits per heavy atom. The summed E-state index contributed by atoms with van der Waals surface area (Å²) in [7, 11) is 1.98. The average Bonchev–Trinajstić information content (AvgIpc) is 2.45. The Balaban J connectivity index is 2.75. The van der Waals surface area contributed by atoms with Crippen molar-refractivity contribution in [2.24, 2.45) is 5.73 Å². The van der Waals surface area contributed by atoms with Crippen LogP contribution in [0.2, 0.25) is 0 Å². The smallest absolute Gasteiger partial charge is 0.299 e. The molecule has 9 heteroatoms. The van der Waals surface area contributed by atoms with E-state index in [-0.39, 0.29) is 17.1 Å². The molecule has 0 aromatic heterocycles. The Kier molecular flexibility index (Phi) is 6.67. The van der Waals surface area contributed by atoms with Crippen molar-refractivity contribution in [1.82, 2.24) is 4.90 Å². The van der Waals surface area contributed by atoms with Crippen molar-refractivity contribution in [2.75, 3.05) is 25.5 Å². The SMILES string of the molecule is CCCN(C)CCC(N)Nc1ccc([N+](=O)[O-])cc1[N+](=O)[O-]. The Labute approximate surface area is 128 Å². The van der Waals surface area contributed by atoms with Crippen molar-refractivity contribution in [3.05, 3.63) is 38.4 Å². The van der Waals surface area contributed by atoms with Gasteiger partial charge in [0.1, 0.15) is 5.69 Å². The zero-order chi connectivity index (χ0) is 16.7. The molecule has 0 bridgehead atoms. The molecule has 122 valence electrons. The molecule has 0 fully saturated rings. The van der Waals surface area contributed by atoms with Crippen LogP contribution in [0.3, 0.4) is 0 Å². The Bertz CT molecular complexity index is 537. The average molecular weight is 311 g/mol. The van der Waals surface area contributed by atoms with E-state index in [1.807, 2.05) is 7.05 Å². The summed E-state index contributed by atoms with van der Waals surface area (Å²) in [5.74, 6) is 0. The summed E-state index contributed by atoms with van der Waals surface area (Å²) in [6.45, 7) is 3.78. The highest BCUT2D eigenvalue weighted by atomic mass is 16.6. The maximum atomic E-state index is 11.0. The van der Waals surface area contributed by atoms with E-state index in [1.165, 1.54) is 12.1 Å². The van der Waals surface area contributed by atoms with Gasteiger partial charge in [-0.15, -0.1) is 0 Å². The van der Waals surface area contributed by atoms with E-state index in [1.54, 1.807) is 0 Å². The third-order valence-corrected chi connectivity index (χ3v) is 3.16. The normalized spacial score (nSPS) is 12.2. The summed E-state index contributed by atoms with van der Waals surface area (Å²) >= 11 is 0. The third-order valence-electron chi connectivity index (χ3n) is 3.16. The van der Waals surface area contributed by atoms with Gasteiger partial charge in [0.05, 0.1) is 22.1 Å². The quantitative estimate of drug-likeness (QED) is 0.405. The molecule has 1 atom stereocenters. The maximum absolute atomic E-state index is 11.0. The predicted octanol–water partition coefficient (Wildman–Crippen LogP) is 1.93. The van der Waals surface area contributed by atoms with Crippen molar-refractivity contribution < 1.29 is 9.85 Å². The standard InChI is InChI=1S/C13H21N5O4/c1-3-7-16(2)8-6-13(14)15-11-5-4-10(17(19)20)9-12(11)18(21)22/h4-5,9,13,15H,3,6-8,14H2,1-2H3. The fourth-order valence-electron chi connectivity index (χ4n) is 2.03. The van der Waals surface area contributed by atoms with Gasteiger partial charge in [-0.05, 0) is 32.5 Å². The number of benzene rings is 1. The van der Waals surface area contributed by atoms with Crippen LogP contribution >= 0.6 is 0 Å². The fraction of sp³-hybridized carbons (Fsp3) is 0.538. The highest BCUT2D eigenvalue weighted by Crippen LogP contribution is 2.29. The molecule has 0 radical (unpaired) electrons. The number of nitro groups is 2. The summed E-state index contributed by atoms with van der Waals surface area (Å²) < 4.78 is 0. The number of hydrogen-bond acceptors (Lipinski definition) is 7. The van der Waals surface area contributed by atoms with E-state index in [2.05, 4.69) is 17.1 Å². The lowest BCUT2D eigenvalue weighted by atomic mass is 10.2. The molecule has 1 aromatic rings. The number of rotatable bonds is 9. The van der Waals surface area contributed by atoms with Gasteiger partial charge in [-0.1, -0.05) is 6.92 Å². The second-order valence-electron chi connectivity index (χ2n) is 5.06. The van der Waals surface area contributed by atoms with Gasteiger partial charge in [-0.2, -0.15) is 0 Å². The minimum Gasteiger partial charge on any atom is -0.364 e. The van der Waals surface area contributed by atoms with E-state index < -0.39 is 16.0 Å². The highest BCUT2D eigenvalue weighted by Gasteiger charge is 2.20. The summed E-state index contributed by atoms with van der Waals surface area (Å²) in [6.07, 6.45) is 1.16. The van der Waals surface area contributed by atoms with Gasteiger partial charge in [0.25, 0.3) is 11.4 Å². The monoisotopic (exact) mass is 311 g/mol. The molecule has 0 heterocycles. The zero-order valence-electron chi connectivity index (χ0n) is 12.7. The number of nitrogens with zero attached hydrogens (tertiary/aromatic N) is 3. The van der Waals surface area contributed by atoms with E-state index in [9.17, 15) is 20.2 Å². The molecule has 0 aliphatic heterocycles. The van der Waals surface area contributed by atoms with Crippen molar-refractivity contribution in [1.29, 1.82) is 0 Å². The van der Waals surface area contributed by atoms with Crippen LogP contribution in [-0.4, -0.2) is 41.0 Å².